The van der Waals surface area contributed by atoms with Gasteiger partial charge in [0.1, 0.15) is 35.2 Å². The maximum Gasteiger partial charge on any atom is 0.326 e. The number of imide groups is 3. The molecule has 16 rings (SSSR count). The Kier molecular flexibility index (Phi) is 22.9. The Morgan fingerprint density at radius 1 is 0.441 bits per heavy atom. The predicted octanol–water partition coefficient (Wildman–Crippen LogP) is 11.9. The number of carbonyl (C=O) groups excluding carboxylic acids is 9. The van der Waals surface area contributed by atoms with Crippen LogP contribution in [0.1, 0.15) is 97.1 Å². The molecule has 27 nitrogen and oxygen atoms in total. The molecule has 5 aliphatic rings. The number of hydrogen-bond donors (Lipinski definition) is 9. The monoisotopic (exact) mass is 1690 g/mol. The lowest BCUT2D eigenvalue weighted by molar-refractivity contribution is -0.141. The molecule has 1 aromatic heterocycles. The lowest BCUT2D eigenvalue weighted by atomic mass is 9.97. The molecule has 0 aliphatic carbocycles. The summed E-state index contributed by atoms with van der Waals surface area (Å²) in [4.78, 5) is 164. The van der Waals surface area contributed by atoms with Crippen molar-refractivity contribution in [3.05, 3.63) is 301 Å². The van der Waals surface area contributed by atoms with E-state index in [9.17, 15) is 77.2 Å². The second-order valence-electron chi connectivity index (χ2n) is 27.9. The van der Waals surface area contributed by atoms with Gasteiger partial charge in [-0.05, 0) is 148 Å². The minimum absolute atomic E-state index is 0.00417. The SMILES string of the molecule is Nc1ccc2c(c1)C(=O)N(c1ccc(C[C@H](NC(=O)C3=Nc4ccccc4C3Br)C(=O)O)cc1)C(=O)C2.Nc1ccc2c(c1)C(=O)N(c1ccc(C[C@H](NC(=O)C3=Nc4ccccc4C3F)C(=O)O)cc1)C(=O)C2.Nc1ccc2c(c1)C(=O)N(c1ccc(C[C@H](NC(=O)c3cc4ccccc4n3-c3c(Cl)cccc3Cl)C(=O)O)cc1)C(=O)C2. The number of nitrogens with one attached hydrogen (secondary N) is 3. The molecule has 592 valence electrons. The van der Waals surface area contributed by atoms with E-state index >= 15 is 0 Å². The van der Waals surface area contributed by atoms with Gasteiger partial charge >= 0.3 is 17.9 Å². The number of hydrogen-bond acceptors (Lipinski definition) is 17. The van der Waals surface area contributed by atoms with Crippen LogP contribution < -0.4 is 47.9 Å². The number of nitrogen functional groups attached to an aromatic ring is 3. The highest BCUT2D eigenvalue weighted by Gasteiger charge is 2.39. The summed E-state index contributed by atoms with van der Waals surface area (Å²) in [6, 6.07) is 57.3. The Labute approximate surface area is 688 Å². The maximum absolute atomic E-state index is 14.7. The zero-order valence-corrected chi connectivity index (χ0v) is 64.8. The first kappa shape index (κ1) is 80.3. The molecule has 0 fully saturated rings. The van der Waals surface area contributed by atoms with Gasteiger partial charge in [-0.3, -0.25) is 43.2 Å². The fraction of sp³-hybridized carbons (Fsp3) is 0.126. The van der Waals surface area contributed by atoms with Gasteiger partial charge in [0.25, 0.3) is 35.4 Å². The summed E-state index contributed by atoms with van der Waals surface area (Å²) in [7, 11) is 0. The van der Waals surface area contributed by atoms with Crippen molar-refractivity contribution in [2.45, 2.75) is 67.6 Å². The van der Waals surface area contributed by atoms with E-state index in [-0.39, 0.29) is 67.3 Å². The van der Waals surface area contributed by atoms with Gasteiger partial charge in [0.15, 0.2) is 6.17 Å². The maximum atomic E-state index is 14.7. The molecule has 0 spiro atoms. The van der Waals surface area contributed by atoms with Crippen molar-refractivity contribution >= 4 is 178 Å². The summed E-state index contributed by atoms with van der Waals surface area (Å²) >= 11 is 16.5. The molecule has 5 aliphatic heterocycles. The molecule has 10 aromatic carbocycles. The second kappa shape index (κ2) is 33.6. The van der Waals surface area contributed by atoms with E-state index < -0.39 is 94.1 Å². The zero-order valence-electron chi connectivity index (χ0n) is 61.7. The number of aliphatic carboxylic acids is 3. The van der Waals surface area contributed by atoms with E-state index in [1.54, 1.807) is 162 Å². The first-order chi connectivity index (χ1) is 56.6. The molecule has 11 aromatic rings. The number of amides is 9. The van der Waals surface area contributed by atoms with Crippen LogP contribution in [-0.4, -0.2) is 121 Å². The van der Waals surface area contributed by atoms with Crippen molar-refractivity contribution in [1.82, 2.24) is 20.5 Å². The first-order valence-corrected chi connectivity index (χ1v) is 38.1. The van der Waals surface area contributed by atoms with Crippen LogP contribution >= 0.6 is 39.1 Å². The van der Waals surface area contributed by atoms with E-state index in [1.807, 2.05) is 42.5 Å². The van der Waals surface area contributed by atoms with E-state index in [4.69, 9.17) is 40.4 Å². The highest BCUT2D eigenvalue weighted by molar-refractivity contribution is 9.09. The third-order valence-electron chi connectivity index (χ3n) is 20.1. The Balaban J connectivity index is 0.000000146. The molecule has 31 heteroatoms. The van der Waals surface area contributed by atoms with Crippen LogP contribution in [0.4, 0.5) is 49.9 Å². The van der Waals surface area contributed by atoms with Crippen molar-refractivity contribution < 1.29 is 77.2 Å². The largest absolute Gasteiger partial charge is 0.480 e. The number of carbonyl (C=O) groups is 12. The van der Waals surface area contributed by atoms with Crippen LogP contribution in [-0.2, 0) is 76.9 Å². The lowest BCUT2D eigenvalue weighted by Gasteiger charge is -2.27. The molecule has 2 unspecified atom stereocenters. The summed E-state index contributed by atoms with van der Waals surface area (Å²) in [6.07, 6.45) is -1.76. The molecule has 6 heterocycles. The smallest absolute Gasteiger partial charge is 0.326 e. The zero-order chi connectivity index (χ0) is 83.7. The normalized spacial score (nSPS) is 15.7. The predicted molar refractivity (Wildman–Crippen MR) is 443 cm³/mol. The van der Waals surface area contributed by atoms with Gasteiger partial charge in [-0.2, -0.15) is 0 Å². The number of halogens is 4. The third kappa shape index (κ3) is 16.5. The van der Waals surface area contributed by atoms with Gasteiger partial charge in [0.05, 0.1) is 73.8 Å². The molecule has 0 saturated heterocycles. The highest BCUT2D eigenvalue weighted by Crippen LogP contribution is 2.41. The van der Waals surface area contributed by atoms with E-state index in [2.05, 4.69) is 41.9 Å². The molecule has 0 radical (unpaired) electrons. The van der Waals surface area contributed by atoms with Crippen molar-refractivity contribution in [2.24, 2.45) is 9.98 Å². The number of alkyl halides is 2. The number of aliphatic imine (C=N–C) groups is 2. The van der Waals surface area contributed by atoms with Crippen LogP contribution in [0.25, 0.3) is 16.6 Å². The fourth-order valence-corrected chi connectivity index (χ4v) is 15.5. The minimum atomic E-state index is -1.75. The van der Waals surface area contributed by atoms with E-state index in [1.165, 1.54) is 24.3 Å². The Morgan fingerprint density at radius 2 is 0.797 bits per heavy atom. The van der Waals surface area contributed by atoms with Crippen LogP contribution in [0.3, 0.4) is 0 Å². The van der Waals surface area contributed by atoms with Crippen LogP contribution in [0.2, 0.25) is 10.0 Å². The molecule has 0 bridgehead atoms. The number of benzene rings is 10. The molecule has 9 amide bonds. The van der Waals surface area contributed by atoms with Crippen LogP contribution in [0.15, 0.2) is 234 Å². The van der Waals surface area contributed by atoms with Gasteiger partial charge in [-0.15, -0.1) is 0 Å². The number of nitrogens with zero attached hydrogens (tertiary/aromatic N) is 6. The number of fused-ring (bicyclic) bond motifs is 6. The van der Waals surface area contributed by atoms with Crippen LogP contribution in [0, 0.1) is 0 Å². The molecular weight excluding hydrogens is 1620 g/mol. The van der Waals surface area contributed by atoms with Crippen molar-refractivity contribution in [3.63, 3.8) is 0 Å². The van der Waals surface area contributed by atoms with Gasteiger partial charge in [0, 0.05) is 64.0 Å². The van der Waals surface area contributed by atoms with Crippen molar-refractivity contribution in [2.75, 3.05) is 31.9 Å². The molecule has 118 heavy (non-hydrogen) atoms. The summed E-state index contributed by atoms with van der Waals surface area (Å²) in [6.45, 7) is 0. The third-order valence-corrected chi connectivity index (χ3v) is 21.7. The lowest BCUT2D eigenvalue weighted by Crippen LogP contribution is -2.45. The Morgan fingerprint density at radius 3 is 1.19 bits per heavy atom. The number of carboxylic acids is 3. The highest BCUT2D eigenvalue weighted by atomic mass is 79.9. The summed E-state index contributed by atoms with van der Waals surface area (Å²) in [5.41, 5.74) is 27.4. The number of nitrogens with two attached hydrogens (primary N) is 3. The fourth-order valence-electron chi connectivity index (χ4n) is 14.3. The van der Waals surface area contributed by atoms with Gasteiger partial charge in [0.2, 0.25) is 17.7 Å². The van der Waals surface area contributed by atoms with E-state index in [0.29, 0.717) is 117 Å². The van der Waals surface area contributed by atoms with E-state index in [0.717, 1.165) is 25.6 Å². The summed E-state index contributed by atoms with van der Waals surface area (Å²) in [5, 5.41) is 38.3. The quantitative estimate of drug-likeness (QED) is 0.0206. The number of aromatic nitrogens is 1. The Bertz CT molecular complexity index is 5880. The van der Waals surface area contributed by atoms with Crippen LogP contribution in [0.5, 0.6) is 0 Å². The number of anilines is 6. The minimum Gasteiger partial charge on any atom is -0.480 e. The average Bonchev–Trinajstić information content (AvgIpc) is 0.947. The average molecular weight is 1690 g/mol. The molecule has 0 saturated carbocycles. The van der Waals surface area contributed by atoms with Crippen molar-refractivity contribution in [3.8, 4) is 5.69 Å². The number of carboxylic acid groups (broad SMARTS) is 3. The standard InChI is InChI=1S/C33H24Cl2N4O5.C27H21BrN4O5.C27H21FN4O5/c34-24-5-3-6-25(35)30(24)39-27-7-2-1-4-20(27)15-28(39)31(41)37-26(33(43)44)14-18-8-12-22(13-9-18)38-29(40)16-19-10-11-21(36)17-23(19)32(38)42;2*28-23-18-3-1-2-4-20(18)30-24(23)25(34)31-21(27(36)37)11-14-5-9-17(10-6-14)32-22(33)12-15-7-8-16(29)13-19(15)26(32)35/h1-13,15,17,26H,14,16,36H2,(H,37,41)(H,43,44);2*1-10,13,21,23H,11-12,29H2,(H,31,34)(H,36,37)/t26-;2*21-,23?/m000/s1. The van der Waals surface area contributed by atoms with Gasteiger partial charge in [-0.25, -0.2) is 43.5 Å². The second-order valence-corrected chi connectivity index (χ2v) is 29.6. The van der Waals surface area contributed by atoms with Crippen molar-refractivity contribution in [1.29, 1.82) is 0 Å². The summed E-state index contributed by atoms with van der Waals surface area (Å²) < 4.78 is 16.3. The van der Waals surface area contributed by atoms with Gasteiger partial charge in [-0.1, -0.05) is 154 Å². The molecular formula is C87H66BrCl2FN12O15. The topological polar surface area (TPSA) is 419 Å². The molecule has 5 atom stereocenters. The summed E-state index contributed by atoms with van der Waals surface area (Å²) in [5.74, 6) is -8.47. The molecule has 12 N–H and O–H groups in total. The van der Waals surface area contributed by atoms with Gasteiger partial charge < -0.3 is 53.0 Å². The number of para-hydroxylation sites is 4. The number of rotatable bonds is 19. The first-order valence-electron chi connectivity index (χ1n) is 36.4. The Hall–Kier alpha value is -14.3.